The summed E-state index contributed by atoms with van der Waals surface area (Å²) in [5, 5.41) is 2.61. The minimum atomic E-state index is -3.87. The number of hydrogen-bond donors (Lipinski definition) is 2. The molecule has 0 atom stereocenters. The van der Waals surface area contributed by atoms with E-state index >= 15 is 0 Å². The fourth-order valence-electron chi connectivity index (χ4n) is 2.88. The fraction of sp³-hybridized carbons (Fsp3) is 0.167. The van der Waals surface area contributed by atoms with Crippen LogP contribution in [0.3, 0.4) is 0 Å². The molecule has 0 saturated carbocycles. The first-order valence-corrected chi connectivity index (χ1v) is 11.6. The molecule has 10 heteroatoms. The second kappa shape index (κ2) is 10.8. The van der Waals surface area contributed by atoms with E-state index in [2.05, 4.69) is 10.0 Å². The van der Waals surface area contributed by atoms with Crippen LogP contribution in [0.1, 0.15) is 15.9 Å². The van der Waals surface area contributed by atoms with E-state index in [0.717, 1.165) is 11.6 Å². The van der Waals surface area contributed by atoms with Gasteiger partial charge in [-0.05, 0) is 68.6 Å². The smallest absolute Gasteiger partial charge is 0.338 e. The molecule has 1 amide bonds. The Labute approximate surface area is 197 Å². The van der Waals surface area contributed by atoms with Gasteiger partial charge < -0.3 is 19.5 Å². The van der Waals surface area contributed by atoms with E-state index < -0.39 is 28.5 Å². The molecule has 0 aliphatic rings. The Morgan fingerprint density at radius 2 is 1.53 bits per heavy atom. The van der Waals surface area contributed by atoms with Crippen molar-refractivity contribution in [2.75, 3.05) is 26.1 Å². The molecular weight excluding hydrogens is 460 g/mol. The lowest BCUT2D eigenvalue weighted by Gasteiger charge is -2.11. The first-order chi connectivity index (χ1) is 16.2. The van der Waals surface area contributed by atoms with Gasteiger partial charge >= 0.3 is 5.97 Å². The number of nitrogens with one attached hydrogen (secondary N) is 2. The molecule has 9 nitrogen and oxygen atoms in total. The summed E-state index contributed by atoms with van der Waals surface area (Å²) in [6, 6.07) is 18.1. The Morgan fingerprint density at radius 3 is 2.12 bits per heavy atom. The number of esters is 1. The predicted molar refractivity (Wildman–Crippen MR) is 126 cm³/mol. The van der Waals surface area contributed by atoms with E-state index in [1.165, 1.54) is 26.3 Å². The Kier molecular flexibility index (Phi) is 7.87. The van der Waals surface area contributed by atoms with Crippen molar-refractivity contribution in [2.45, 2.75) is 11.8 Å². The van der Waals surface area contributed by atoms with Crippen LogP contribution in [0.2, 0.25) is 0 Å². The summed E-state index contributed by atoms with van der Waals surface area (Å²) in [6.45, 7) is 1.43. The average molecular weight is 485 g/mol. The lowest BCUT2D eigenvalue weighted by Crippen LogP contribution is -2.22. The maximum atomic E-state index is 12.3. The molecule has 3 aromatic carbocycles. The lowest BCUT2D eigenvalue weighted by atomic mass is 10.2. The standard InChI is InChI=1S/C24H24N2O7S/c1-16-4-9-19(10-5-16)33-20-11-7-18(8-12-20)26-23(27)15-32-24(28)17-6-13-21(31-3)22(14-17)34(29,30)25-2/h4-14,25H,15H2,1-3H3,(H,26,27). The van der Waals surface area contributed by atoms with Crippen molar-refractivity contribution < 1.29 is 32.2 Å². The quantitative estimate of drug-likeness (QED) is 0.446. The average Bonchev–Trinajstić information content (AvgIpc) is 2.84. The van der Waals surface area contributed by atoms with Gasteiger partial charge in [0.15, 0.2) is 6.61 Å². The predicted octanol–water partition coefficient (Wildman–Crippen LogP) is 3.50. The normalized spacial score (nSPS) is 10.9. The number of methoxy groups -OCH3 is 1. The molecule has 0 spiro atoms. The SMILES string of the molecule is CNS(=O)(=O)c1cc(C(=O)OCC(=O)Nc2ccc(Oc3ccc(C)cc3)cc2)ccc1OC. The monoisotopic (exact) mass is 484 g/mol. The highest BCUT2D eigenvalue weighted by Gasteiger charge is 2.21. The van der Waals surface area contributed by atoms with Crippen molar-refractivity contribution in [2.24, 2.45) is 0 Å². The van der Waals surface area contributed by atoms with Crippen molar-refractivity contribution in [1.82, 2.24) is 4.72 Å². The lowest BCUT2D eigenvalue weighted by molar-refractivity contribution is -0.119. The highest BCUT2D eigenvalue weighted by Crippen LogP contribution is 2.25. The van der Waals surface area contributed by atoms with Gasteiger partial charge in [-0.25, -0.2) is 17.9 Å². The van der Waals surface area contributed by atoms with Gasteiger partial charge in [0.1, 0.15) is 22.1 Å². The van der Waals surface area contributed by atoms with Crippen molar-refractivity contribution in [3.8, 4) is 17.2 Å². The summed E-state index contributed by atoms with van der Waals surface area (Å²) in [6.07, 6.45) is 0. The van der Waals surface area contributed by atoms with Gasteiger partial charge in [0.2, 0.25) is 10.0 Å². The van der Waals surface area contributed by atoms with Crippen LogP contribution >= 0.6 is 0 Å². The Bertz CT molecular complexity index is 1270. The number of carbonyl (C=O) groups excluding carboxylic acids is 2. The number of anilines is 1. The van der Waals surface area contributed by atoms with Crippen LogP contribution in [0.25, 0.3) is 0 Å². The first-order valence-electron chi connectivity index (χ1n) is 10.1. The van der Waals surface area contributed by atoms with Gasteiger partial charge in [-0.3, -0.25) is 4.79 Å². The Balaban J connectivity index is 1.57. The summed E-state index contributed by atoms with van der Waals surface area (Å²) >= 11 is 0. The number of benzene rings is 3. The number of hydrogen-bond acceptors (Lipinski definition) is 7. The van der Waals surface area contributed by atoms with Gasteiger partial charge in [-0.15, -0.1) is 0 Å². The van der Waals surface area contributed by atoms with E-state index in [0.29, 0.717) is 17.2 Å². The third-order valence-electron chi connectivity index (χ3n) is 4.69. The van der Waals surface area contributed by atoms with E-state index in [4.69, 9.17) is 14.2 Å². The zero-order valence-corrected chi connectivity index (χ0v) is 19.6. The van der Waals surface area contributed by atoms with E-state index in [9.17, 15) is 18.0 Å². The third kappa shape index (κ3) is 6.33. The second-order valence-electron chi connectivity index (χ2n) is 7.14. The number of aryl methyl sites for hydroxylation is 1. The first kappa shape index (κ1) is 24.7. The van der Waals surface area contributed by atoms with Crippen molar-refractivity contribution in [3.05, 3.63) is 77.9 Å². The number of carbonyl (C=O) groups is 2. The number of sulfonamides is 1. The summed E-state index contributed by atoms with van der Waals surface area (Å²) < 4.78 is 42.3. The number of ether oxygens (including phenoxy) is 3. The molecule has 0 aliphatic carbocycles. The molecule has 3 rings (SSSR count). The van der Waals surface area contributed by atoms with E-state index in [1.54, 1.807) is 24.3 Å². The molecule has 0 saturated heterocycles. The molecular formula is C24H24N2O7S. The van der Waals surface area contributed by atoms with Crippen LogP contribution in [0.5, 0.6) is 17.2 Å². The molecule has 2 N–H and O–H groups in total. The summed E-state index contributed by atoms with van der Waals surface area (Å²) in [5.41, 5.74) is 1.57. The van der Waals surface area contributed by atoms with Gasteiger partial charge in [0, 0.05) is 5.69 Å². The van der Waals surface area contributed by atoms with Gasteiger partial charge in [0.25, 0.3) is 5.91 Å². The topological polar surface area (TPSA) is 120 Å². The summed E-state index contributed by atoms with van der Waals surface area (Å²) in [4.78, 5) is 24.3. The van der Waals surface area contributed by atoms with Crippen LogP contribution in [-0.2, 0) is 19.6 Å². The molecule has 0 aromatic heterocycles. The maximum absolute atomic E-state index is 12.3. The summed E-state index contributed by atoms with van der Waals surface area (Å²) in [5.74, 6) is -0.0543. The van der Waals surface area contributed by atoms with Crippen LogP contribution in [0.15, 0.2) is 71.6 Å². The minimum absolute atomic E-state index is 0.0416. The molecule has 0 bridgehead atoms. The van der Waals surface area contributed by atoms with Gasteiger partial charge in [-0.2, -0.15) is 0 Å². The Hall–Kier alpha value is -3.89. The molecule has 0 aliphatic heterocycles. The fourth-order valence-corrected chi connectivity index (χ4v) is 3.80. The number of rotatable bonds is 9. The van der Waals surface area contributed by atoms with Crippen molar-refractivity contribution in [1.29, 1.82) is 0 Å². The highest BCUT2D eigenvalue weighted by molar-refractivity contribution is 7.89. The van der Waals surface area contributed by atoms with Gasteiger partial charge in [-0.1, -0.05) is 17.7 Å². The minimum Gasteiger partial charge on any atom is -0.495 e. The van der Waals surface area contributed by atoms with Crippen LogP contribution in [0, 0.1) is 6.92 Å². The zero-order valence-electron chi connectivity index (χ0n) is 18.8. The largest absolute Gasteiger partial charge is 0.495 e. The second-order valence-corrected chi connectivity index (χ2v) is 8.99. The van der Waals surface area contributed by atoms with E-state index in [1.807, 2.05) is 31.2 Å². The van der Waals surface area contributed by atoms with E-state index in [-0.39, 0.29) is 16.2 Å². The molecule has 0 fully saturated rings. The van der Waals surface area contributed by atoms with Crippen LogP contribution in [-0.4, -0.2) is 41.1 Å². The van der Waals surface area contributed by atoms with Gasteiger partial charge in [0.05, 0.1) is 12.7 Å². The molecule has 0 unspecified atom stereocenters. The molecule has 0 heterocycles. The molecule has 3 aromatic rings. The van der Waals surface area contributed by atoms with Crippen LogP contribution < -0.4 is 19.5 Å². The molecule has 34 heavy (non-hydrogen) atoms. The van der Waals surface area contributed by atoms with Crippen molar-refractivity contribution in [3.63, 3.8) is 0 Å². The third-order valence-corrected chi connectivity index (χ3v) is 6.12. The van der Waals surface area contributed by atoms with Crippen molar-refractivity contribution >= 4 is 27.6 Å². The maximum Gasteiger partial charge on any atom is 0.338 e. The molecule has 0 radical (unpaired) electrons. The number of amides is 1. The van der Waals surface area contributed by atoms with Crippen LogP contribution in [0.4, 0.5) is 5.69 Å². The molecule has 178 valence electrons. The summed E-state index contributed by atoms with van der Waals surface area (Å²) in [7, 11) is -1.31. The Morgan fingerprint density at radius 1 is 0.912 bits per heavy atom. The highest BCUT2D eigenvalue weighted by atomic mass is 32.2. The zero-order chi connectivity index (χ0) is 24.7.